The van der Waals surface area contributed by atoms with Gasteiger partial charge in [0, 0.05) is 5.92 Å². The van der Waals surface area contributed by atoms with E-state index in [0.717, 1.165) is 11.1 Å². The van der Waals surface area contributed by atoms with Crippen LogP contribution in [0.4, 0.5) is 0 Å². The van der Waals surface area contributed by atoms with Gasteiger partial charge in [0.05, 0.1) is 27.3 Å². The highest BCUT2D eigenvalue weighted by molar-refractivity contribution is 5.14. The molecule has 0 saturated carbocycles. The van der Waals surface area contributed by atoms with Gasteiger partial charge in [0.2, 0.25) is 0 Å². The highest BCUT2D eigenvalue weighted by Crippen LogP contribution is 2.29. The molecule has 0 spiro atoms. The molecule has 4 heteroatoms. The lowest BCUT2D eigenvalue weighted by Gasteiger charge is -2.19. The number of ether oxygens (including phenoxy) is 3. The largest absolute Gasteiger partial charge is 0.374 e. The number of hydrogen-bond donors (Lipinski definition) is 1. The van der Waals surface area contributed by atoms with Crippen LogP contribution >= 0.6 is 0 Å². The topological polar surface area (TPSA) is 47.9 Å². The Morgan fingerprint density at radius 1 is 1.00 bits per heavy atom. The first kappa shape index (κ1) is 15.8. The molecule has 4 nitrogen and oxygen atoms in total. The Labute approximate surface area is 144 Å². The predicted octanol–water partition coefficient (Wildman–Crippen LogP) is 3.14. The van der Waals surface area contributed by atoms with Gasteiger partial charge in [-0.05, 0) is 11.1 Å². The van der Waals surface area contributed by atoms with Gasteiger partial charge in [-0.15, -0.1) is 0 Å². The normalized spacial score (nSPS) is 30.2. The molecule has 24 heavy (non-hydrogen) atoms. The minimum atomic E-state index is -2.06. The van der Waals surface area contributed by atoms with Gasteiger partial charge in [-0.2, -0.15) is 0 Å². The van der Waals surface area contributed by atoms with Crippen LogP contribution in [0, 0.1) is 5.92 Å². The molecule has 2 unspecified atom stereocenters. The Bertz CT molecular complexity index is 647. The zero-order valence-electron chi connectivity index (χ0n) is 14.8. The van der Waals surface area contributed by atoms with E-state index in [2.05, 4.69) is 0 Å². The van der Waals surface area contributed by atoms with Gasteiger partial charge in [-0.1, -0.05) is 67.6 Å². The minimum absolute atomic E-state index is 0.151. The fourth-order valence-electron chi connectivity index (χ4n) is 2.79. The third kappa shape index (κ3) is 4.42. The average molecular weight is 329 g/mol. The lowest BCUT2D eigenvalue weighted by atomic mass is 10.0. The zero-order chi connectivity index (χ0) is 17.7. The van der Waals surface area contributed by atoms with E-state index in [1.165, 1.54) is 0 Å². The van der Waals surface area contributed by atoms with Crippen molar-refractivity contribution in [3.05, 3.63) is 71.8 Å². The van der Waals surface area contributed by atoms with E-state index in [1.54, 1.807) is 0 Å². The van der Waals surface area contributed by atoms with Crippen molar-refractivity contribution in [3.8, 4) is 0 Å². The summed E-state index contributed by atoms with van der Waals surface area (Å²) in [5, 5.41) is 10.3. The maximum Gasteiger partial charge on any atom is 0.181 e. The number of benzene rings is 2. The molecule has 1 fully saturated rings. The van der Waals surface area contributed by atoms with E-state index < -0.39 is 12.4 Å². The highest BCUT2D eigenvalue weighted by Gasteiger charge is 2.41. The van der Waals surface area contributed by atoms with Crippen LogP contribution in [0.25, 0.3) is 0 Å². The summed E-state index contributed by atoms with van der Waals surface area (Å²) < 4.78 is 25.0. The highest BCUT2D eigenvalue weighted by atomic mass is 16.7. The van der Waals surface area contributed by atoms with E-state index >= 15 is 0 Å². The van der Waals surface area contributed by atoms with Crippen molar-refractivity contribution in [1.82, 2.24) is 0 Å². The SMILES string of the molecule is [2H]C1(O)OC(COCc2ccccc2)[C@@H](C)[C@H]1OCc1ccccc1. The molecule has 1 saturated heterocycles. The van der Waals surface area contributed by atoms with Gasteiger partial charge in [0.25, 0.3) is 0 Å². The second kappa shape index (κ2) is 8.40. The van der Waals surface area contributed by atoms with E-state index in [9.17, 15) is 5.11 Å². The van der Waals surface area contributed by atoms with Crippen molar-refractivity contribution >= 4 is 0 Å². The summed E-state index contributed by atoms with van der Waals surface area (Å²) in [6, 6.07) is 19.6. The molecule has 0 aliphatic carbocycles. The van der Waals surface area contributed by atoms with Crippen LogP contribution in [0.15, 0.2) is 60.7 Å². The first-order chi connectivity index (χ1) is 12.1. The lowest BCUT2D eigenvalue weighted by molar-refractivity contribution is -0.152. The van der Waals surface area contributed by atoms with Crippen LogP contribution in [0.5, 0.6) is 0 Å². The van der Waals surface area contributed by atoms with Crippen LogP contribution in [-0.4, -0.2) is 30.2 Å². The van der Waals surface area contributed by atoms with Crippen molar-refractivity contribution in [2.75, 3.05) is 6.61 Å². The van der Waals surface area contributed by atoms with Gasteiger partial charge in [0.15, 0.2) is 6.27 Å². The van der Waals surface area contributed by atoms with Gasteiger partial charge in [-0.3, -0.25) is 0 Å². The Hall–Kier alpha value is -1.72. The Kier molecular flexibility index (Phi) is 5.53. The molecule has 0 bridgehead atoms. The molecule has 0 aromatic heterocycles. The maximum atomic E-state index is 10.3. The molecule has 2 aromatic rings. The second-order valence-electron chi connectivity index (χ2n) is 6.07. The smallest absolute Gasteiger partial charge is 0.181 e. The van der Waals surface area contributed by atoms with Crippen molar-refractivity contribution < 1.29 is 20.7 Å². The molecule has 3 rings (SSSR count). The summed E-state index contributed by atoms with van der Waals surface area (Å²) in [6.07, 6.45) is -3.17. The Morgan fingerprint density at radius 2 is 1.58 bits per heavy atom. The van der Waals surface area contributed by atoms with Crippen molar-refractivity contribution in [1.29, 1.82) is 0 Å². The Balaban J connectivity index is 1.52. The quantitative estimate of drug-likeness (QED) is 0.848. The van der Waals surface area contributed by atoms with Crippen LogP contribution in [0.2, 0.25) is 0 Å². The first-order valence-corrected chi connectivity index (χ1v) is 8.23. The minimum Gasteiger partial charge on any atom is -0.374 e. The van der Waals surface area contributed by atoms with Gasteiger partial charge in [0.1, 0.15) is 6.10 Å². The van der Waals surface area contributed by atoms with Crippen LogP contribution < -0.4 is 0 Å². The van der Waals surface area contributed by atoms with E-state index in [4.69, 9.17) is 15.6 Å². The summed E-state index contributed by atoms with van der Waals surface area (Å²) in [7, 11) is 0. The molecular formula is C20H24O4. The molecule has 0 radical (unpaired) electrons. The first-order valence-electron chi connectivity index (χ1n) is 8.73. The molecule has 1 aliphatic heterocycles. The van der Waals surface area contributed by atoms with Crippen molar-refractivity contribution in [3.63, 3.8) is 0 Å². The van der Waals surface area contributed by atoms with Crippen molar-refractivity contribution in [2.45, 2.75) is 38.6 Å². The van der Waals surface area contributed by atoms with Crippen LogP contribution in [0.1, 0.15) is 19.4 Å². The van der Waals surface area contributed by atoms with Gasteiger partial charge in [-0.25, -0.2) is 0 Å². The van der Waals surface area contributed by atoms with Crippen LogP contribution in [0.3, 0.4) is 0 Å². The van der Waals surface area contributed by atoms with E-state index in [1.807, 2.05) is 67.6 Å². The number of aliphatic hydroxyl groups is 1. The second-order valence-corrected chi connectivity index (χ2v) is 6.07. The molecule has 2 aromatic carbocycles. The number of hydrogen-bond acceptors (Lipinski definition) is 4. The third-order valence-corrected chi connectivity index (χ3v) is 4.25. The lowest BCUT2D eigenvalue weighted by Crippen LogP contribution is -2.29. The predicted molar refractivity (Wildman–Crippen MR) is 91.2 cm³/mol. The van der Waals surface area contributed by atoms with Crippen LogP contribution in [-0.2, 0) is 27.4 Å². The summed E-state index contributed by atoms with van der Waals surface area (Å²) >= 11 is 0. The molecule has 1 heterocycles. The third-order valence-electron chi connectivity index (χ3n) is 4.25. The molecular weight excluding hydrogens is 304 g/mol. The average Bonchev–Trinajstić information content (AvgIpc) is 2.83. The fourth-order valence-corrected chi connectivity index (χ4v) is 2.79. The van der Waals surface area contributed by atoms with Gasteiger partial charge >= 0.3 is 0 Å². The van der Waals surface area contributed by atoms with E-state index in [0.29, 0.717) is 19.8 Å². The molecule has 1 N–H and O–H groups in total. The Morgan fingerprint density at radius 3 is 2.21 bits per heavy atom. The molecule has 4 atom stereocenters. The molecule has 1 aliphatic rings. The number of rotatable bonds is 7. The summed E-state index contributed by atoms with van der Waals surface area (Å²) in [6.45, 7) is 3.03. The molecule has 0 amide bonds. The standard InChI is InChI=1S/C20H24O4/c1-15-18(14-22-12-16-8-4-2-5-9-16)24-20(21)19(15)23-13-17-10-6-3-7-11-17/h2-11,15,18-21H,12-14H2,1H3/t15-,18?,19-,20?/m1/s1/i20D. The monoisotopic (exact) mass is 329 g/mol. The van der Waals surface area contributed by atoms with Gasteiger partial charge < -0.3 is 19.3 Å². The van der Waals surface area contributed by atoms with Crippen molar-refractivity contribution in [2.24, 2.45) is 5.92 Å². The zero-order valence-corrected chi connectivity index (χ0v) is 13.8. The fraction of sp³-hybridized carbons (Fsp3) is 0.400. The summed E-state index contributed by atoms with van der Waals surface area (Å²) in [5.74, 6) is -0.151. The summed E-state index contributed by atoms with van der Waals surface area (Å²) in [5.41, 5.74) is 2.07. The maximum absolute atomic E-state index is 10.3. The summed E-state index contributed by atoms with van der Waals surface area (Å²) in [4.78, 5) is 0. The molecule has 128 valence electrons. The van der Waals surface area contributed by atoms with E-state index in [-0.39, 0.29) is 12.0 Å².